The second-order valence-electron chi connectivity index (χ2n) is 9.32. The fraction of sp³-hybridized carbons (Fsp3) is 0.393. The number of hydrogen-bond donors (Lipinski definition) is 1. The molecule has 0 spiro atoms. The first-order valence-electron chi connectivity index (χ1n) is 12.7. The lowest BCUT2D eigenvalue weighted by Gasteiger charge is -2.28. The van der Waals surface area contributed by atoms with Gasteiger partial charge in [-0.3, -0.25) is 4.90 Å². The second-order valence-corrected chi connectivity index (χ2v) is 10.5. The van der Waals surface area contributed by atoms with Gasteiger partial charge in [-0.2, -0.15) is 4.98 Å². The van der Waals surface area contributed by atoms with E-state index in [4.69, 9.17) is 20.4 Å². The molecular formula is C28H34N6OS. The Hall–Kier alpha value is -3.07. The molecule has 2 aromatic heterocycles. The Morgan fingerprint density at radius 2 is 1.97 bits per heavy atom. The molecule has 2 N–H and O–H groups in total. The summed E-state index contributed by atoms with van der Waals surface area (Å²) >= 11 is 1.81. The summed E-state index contributed by atoms with van der Waals surface area (Å²) in [5, 5.41) is 0. The highest BCUT2D eigenvalue weighted by atomic mass is 32.1. The first kappa shape index (κ1) is 24.6. The topological polar surface area (TPSA) is 79.9 Å². The number of anilines is 1. The van der Waals surface area contributed by atoms with E-state index in [1.165, 1.54) is 23.3 Å². The van der Waals surface area contributed by atoms with Crippen LogP contribution in [0.3, 0.4) is 0 Å². The summed E-state index contributed by atoms with van der Waals surface area (Å²) in [5.74, 6) is 1.41. The number of thiophene rings is 1. The molecule has 0 radical (unpaired) electrons. The van der Waals surface area contributed by atoms with E-state index < -0.39 is 0 Å². The lowest BCUT2D eigenvalue weighted by Crippen LogP contribution is -2.36. The minimum Gasteiger partial charge on any atom is -0.398 e. The molecule has 0 aliphatic carbocycles. The molecule has 0 atom stereocenters. The molecule has 0 amide bonds. The maximum absolute atomic E-state index is 6.28. The van der Waals surface area contributed by atoms with Crippen molar-refractivity contribution in [2.45, 2.75) is 32.7 Å². The molecule has 188 valence electrons. The van der Waals surface area contributed by atoms with Gasteiger partial charge in [0, 0.05) is 43.0 Å². The van der Waals surface area contributed by atoms with Crippen LogP contribution in [0.1, 0.15) is 35.3 Å². The Bertz CT molecular complexity index is 1270. The van der Waals surface area contributed by atoms with Crippen LogP contribution in [-0.2, 0) is 11.3 Å². The number of fused-ring (bicyclic) bond motifs is 1. The average Bonchev–Trinajstić information content (AvgIpc) is 3.28. The lowest BCUT2D eigenvalue weighted by atomic mass is 10.1. The number of hydrogen-bond acceptors (Lipinski definition) is 8. The first-order chi connectivity index (χ1) is 17.7. The van der Waals surface area contributed by atoms with Gasteiger partial charge in [-0.1, -0.05) is 35.9 Å². The van der Waals surface area contributed by atoms with Crippen LogP contribution >= 0.6 is 11.3 Å². The van der Waals surface area contributed by atoms with Crippen LogP contribution < -0.4 is 10.6 Å². The zero-order chi connectivity index (χ0) is 24.7. The molecule has 36 heavy (non-hydrogen) atoms. The van der Waals surface area contributed by atoms with Gasteiger partial charge in [0.15, 0.2) is 5.82 Å². The molecule has 7 nitrogen and oxygen atoms in total. The van der Waals surface area contributed by atoms with Crippen molar-refractivity contribution in [2.24, 2.45) is 10.7 Å². The van der Waals surface area contributed by atoms with E-state index in [1.807, 2.05) is 29.5 Å². The molecule has 4 heterocycles. The zero-order valence-corrected chi connectivity index (χ0v) is 21.7. The summed E-state index contributed by atoms with van der Waals surface area (Å²) in [5.41, 5.74) is 10.1. The fourth-order valence-electron chi connectivity index (χ4n) is 4.60. The Labute approximate surface area is 217 Å². The molecule has 5 rings (SSSR count). The summed E-state index contributed by atoms with van der Waals surface area (Å²) in [4.78, 5) is 20.4. The number of morpholine rings is 1. The van der Waals surface area contributed by atoms with E-state index in [0.717, 1.165) is 60.7 Å². The summed E-state index contributed by atoms with van der Waals surface area (Å²) in [6.07, 6.45) is 11.6. The predicted octanol–water partition coefficient (Wildman–Crippen LogP) is 5.08. The summed E-state index contributed by atoms with van der Waals surface area (Å²) < 4.78 is 6.72. The van der Waals surface area contributed by atoms with E-state index in [9.17, 15) is 0 Å². The largest absolute Gasteiger partial charge is 0.398 e. The van der Waals surface area contributed by atoms with Crippen LogP contribution in [0.5, 0.6) is 0 Å². The summed E-state index contributed by atoms with van der Waals surface area (Å²) in [6.45, 7) is 8.29. The van der Waals surface area contributed by atoms with Crippen LogP contribution in [0.4, 0.5) is 11.8 Å². The molecule has 2 aliphatic heterocycles. The highest BCUT2D eigenvalue weighted by Crippen LogP contribution is 2.34. The second kappa shape index (κ2) is 11.8. The van der Waals surface area contributed by atoms with Crippen LogP contribution in [0.15, 0.2) is 53.6 Å². The molecule has 2 aliphatic rings. The van der Waals surface area contributed by atoms with Crippen LogP contribution in [0.25, 0.3) is 15.9 Å². The van der Waals surface area contributed by atoms with Crippen molar-refractivity contribution >= 4 is 45.2 Å². The maximum atomic E-state index is 6.28. The van der Waals surface area contributed by atoms with Crippen molar-refractivity contribution in [2.75, 3.05) is 44.3 Å². The van der Waals surface area contributed by atoms with Crippen LogP contribution in [0.2, 0.25) is 0 Å². The molecule has 3 aromatic rings. The van der Waals surface area contributed by atoms with Gasteiger partial charge in [-0.15, -0.1) is 11.3 Å². The minimum absolute atomic E-state index is 0.457. The number of aryl methyl sites for hydroxylation is 1. The number of benzene rings is 1. The Morgan fingerprint density at radius 3 is 2.83 bits per heavy atom. The van der Waals surface area contributed by atoms with Crippen molar-refractivity contribution < 1.29 is 4.74 Å². The summed E-state index contributed by atoms with van der Waals surface area (Å²) in [7, 11) is 0. The third kappa shape index (κ3) is 6.19. The van der Waals surface area contributed by atoms with Gasteiger partial charge in [-0.05, 0) is 56.5 Å². The molecule has 0 saturated carbocycles. The molecule has 8 heteroatoms. The predicted molar refractivity (Wildman–Crippen MR) is 150 cm³/mol. The smallest absolute Gasteiger partial charge is 0.251 e. The van der Waals surface area contributed by atoms with Crippen molar-refractivity contribution in [3.8, 4) is 0 Å². The van der Waals surface area contributed by atoms with Crippen LogP contribution in [-0.4, -0.2) is 60.5 Å². The number of nitrogens with zero attached hydrogens (tertiary/aromatic N) is 5. The van der Waals surface area contributed by atoms with Crippen molar-refractivity contribution in [1.82, 2.24) is 14.9 Å². The van der Waals surface area contributed by atoms with Gasteiger partial charge >= 0.3 is 0 Å². The number of aromatic nitrogens is 2. The number of rotatable bonds is 6. The zero-order valence-electron chi connectivity index (χ0n) is 20.9. The lowest BCUT2D eigenvalue weighted by molar-refractivity contribution is 0.122. The van der Waals surface area contributed by atoms with Crippen molar-refractivity contribution in [1.29, 1.82) is 0 Å². The SMILES string of the molecule is Cc1cccc(/C(N)=C/C=N/c2nc(N3CCOCC3)c3sc(CN4CC/C=C\CCC4)cc3n2)c1. The fourth-order valence-corrected chi connectivity index (χ4v) is 5.75. The quantitative estimate of drug-likeness (QED) is 0.374. The third-order valence-electron chi connectivity index (χ3n) is 6.50. The standard InChI is InChI=1S/C28H34N6OS/c1-21-8-7-9-22(18-21)24(29)10-11-30-28-31-25-19-23(20-33-12-5-3-2-4-6-13-33)36-26(25)27(32-28)34-14-16-35-17-15-34/h2-3,7-11,18-19H,4-6,12-17,20,29H2,1H3/b3-2-,24-10-,30-11+. The first-order valence-corrected chi connectivity index (χ1v) is 13.5. The molecular weight excluding hydrogens is 468 g/mol. The van der Waals surface area contributed by atoms with Crippen molar-refractivity contribution in [3.63, 3.8) is 0 Å². The normalized spacial score (nSPS) is 19.0. The van der Waals surface area contributed by atoms with Gasteiger partial charge in [-0.25, -0.2) is 9.98 Å². The van der Waals surface area contributed by atoms with E-state index in [0.29, 0.717) is 24.9 Å². The Balaban J connectivity index is 1.42. The molecule has 1 saturated heterocycles. The Kier molecular flexibility index (Phi) is 8.05. The number of allylic oxidation sites excluding steroid dienone is 2. The third-order valence-corrected chi connectivity index (χ3v) is 7.61. The minimum atomic E-state index is 0.457. The van der Waals surface area contributed by atoms with Gasteiger partial charge in [0.25, 0.3) is 5.95 Å². The summed E-state index contributed by atoms with van der Waals surface area (Å²) in [6, 6.07) is 10.3. The highest BCUT2D eigenvalue weighted by molar-refractivity contribution is 7.19. The number of aliphatic imine (C=N–C) groups is 1. The van der Waals surface area contributed by atoms with Gasteiger partial charge in [0.2, 0.25) is 0 Å². The Morgan fingerprint density at radius 1 is 1.11 bits per heavy atom. The van der Waals surface area contributed by atoms with Gasteiger partial charge in [0.05, 0.1) is 23.4 Å². The van der Waals surface area contributed by atoms with E-state index in [1.54, 1.807) is 6.21 Å². The van der Waals surface area contributed by atoms with E-state index in [2.05, 4.69) is 52.1 Å². The molecule has 0 bridgehead atoms. The monoisotopic (exact) mass is 502 g/mol. The highest BCUT2D eigenvalue weighted by Gasteiger charge is 2.20. The van der Waals surface area contributed by atoms with E-state index >= 15 is 0 Å². The van der Waals surface area contributed by atoms with Gasteiger partial charge < -0.3 is 15.4 Å². The van der Waals surface area contributed by atoms with Gasteiger partial charge in [0.1, 0.15) is 0 Å². The molecule has 1 aromatic carbocycles. The number of nitrogens with two attached hydrogens (primary N) is 1. The maximum Gasteiger partial charge on any atom is 0.251 e. The average molecular weight is 503 g/mol. The van der Waals surface area contributed by atoms with Crippen LogP contribution in [0, 0.1) is 6.92 Å². The number of ether oxygens (including phenoxy) is 1. The van der Waals surface area contributed by atoms with E-state index in [-0.39, 0.29) is 0 Å². The van der Waals surface area contributed by atoms with Crippen molar-refractivity contribution in [3.05, 3.63) is 64.6 Å². The molecule has 0 unspecified atom stereocenters. The molecule has 1 fully saturated rings.